The summed E-state index contributed by atoms with van der Waals surface area (Å²) in [7, 11) is 0. The Kier molecular flexibility index (Phi) is 7.87. The van der Waals surface area contributed by atoms with Gasteiger partial charge in [-0.05, 0) is 25.2 Å². The van der Waals surface area contributed by atoms with Gasteiger partial charge in [0.25, 0.3) is 0 Å². The van der Waals surface area contributed by atoms with Crippen molar-refractivity contribution in [3.8, 4) is 0 Å². The third-order valence-corrected chi connectivity index (χ3v) is 3.85. The highest BCUT2D eigenvalue weighted by molar-refractivity contribution is 4.85. The van der Waals surface area contributed by atoms with Crippen molar-refractivity contribution in [2.24, 2.45) is 5.92 Å². The van der Waals surface area contributed by atoms with Crippen LogP contribution >= 0.6 is 0 Å². The topological polar surface area (TPSA) is 40.5 Å². The minimum atomic E-state index is -0.470. The SMILES string of the molecule is CCCCCCCCCCC(O)C(O)C1CC1. The number of hydrogen-bond acceptors (Lipinski definition) is 2. The van der Waals surface area contributed by atoms with E-state index in [4.69, 9.17) is 0 Å². The quantitative estimate of drug-likeness (QED) is 0.543. The average Bonchev–Trinajstić information content (AvgIpc) is 3.15. The molecular weight excluding hydrogens is 212 g/mol. The maximum Gasteiger partial charge on any atom is 0.0827 e. The summed E-state index contributed by atoms with van der Waals surface area (Å²) in [5.74, 6) is 0.402. The molecule has 0 aromatic rings. The number of aliphatic hydroxyl groups excluding tert-OH is 2. The molecule has 0 spiro atoms. The fourth-order valence-corrected chi connectivity index (χ4v) is 2.41. The van der Waals surface area contributed by atoms with Crippen molar-refractivity contribution in [2.45, 2.75) is 89.8 Å². The Morgan fingerprint density at radius 2 is 1.41 bits per heavy atom. The molecule has 0 aromatic heterocycles. The molecule has 2 heteroatoms. The standard InChI is InChI=1S/C15H30O2/c1-2-3-4-5-6-7-8-9-10-14(16)15(17)13-11-12-13/h13-17H,2-12H2,1H3. The highest BCUT2D eigenvalue weighted by Gasteiger charge is 2.33. The summed E-state index contributed by atoms with van der Waals surface area (Å²) in [6.45, 7) is 2.24. The van der Waals surface area contributed by atoms with Crippen molar-refractivity contribution >= 4 is 0 Å². The molecule has 0 heterocycles. The fraction of sp³-hybridized carbons (Fsp3) is 1.00. The third-order valence-electron chi connectivity index (χ3n) is 3.85. The lowest BCUT2D eigenvalue weighted by Gasteiger charge is -2.16. The molecule has 2 unspecified atom stereocenters. The molecule has 0 aromatic carbocycles. The Morgan fingerprint density at radius 1 is 0.882 bits per heavy atom. The monoisotopic (exact) mass is 242 g/mol. The van der Waals surface area contributed by atoms with E-state index in [0.29, 0.717) is 5.92 Å². The van der Waals surface area contributed by atoms with E-state index in [1.54, 1.807) is 0 Å². The van der Waals surface area contributed by atoms with Gasteiger partial charge in [0, 0.05) is 0 Å². The van der Waals surface area contributed by atoms with Gasteiger partial charge in [-0.2, -0.15) is 0 Å². The Hall–Kier alpha value is -0.0800. The van der Waals surface area contributed by atoms with Crippen LogP contribution in [0, 0.1) is 5.92 Å². The van der Waals surface area contributed by atoms with Gasteiger partial charge in [0.05, 0.1) is 12.2 Å². The Balaban J connectivity index is 1.83. The second kappa shape index (κ2) is 8.93. The lowest BCUT2D eigenvalue weighted by Crippen LogP contribution is -2.27. The van der Waals surface area contributed by atoms with Gasteiger partial charge in [0.1, 0.15) is 0 Å². The molecule has 0 bridgehead atoms. The molecule has 0 amide bonds. The largest absolute Gasteiger partial charge is 0.390 e. The summed E-state index contributed by atoms with van der Waals surface area (Å²) >= 11 is 0. The molecule has 1 aliphatic carbocycles. The van der Waals surface area contributed by atoms with Crippen molar-refractivity contribution in [3.05, 3.63) is 0 Å². The molecule has 2 N–H and O–H groups in total. The highest BCUT2D eigenvalue weighted by Crippen LogP contribution is 2.34. The van der Waals surface area contributed by atoms with E-state index in [1.807, 2.05) is 0 Å². The van der Waals surface area contributed by atoms with Gasteiger partial charge in [-0.1, -0.05) is 58.3 Å². The summed E-state index contributed by atoms with van der Waals surface area (Å²) in [4.78, 5) is 0. The maximum absolute atomic E-state index is 9.75. The average molecular weight is 242 g/mol. The molecule has 17 heavy (non-hydrogen) atoms. The second-order valence-electron chi connectivity index (χ2n) is 5.66. The number of rotatable bonds is 11. The van der Waals surface area contributed by atoms with E-state index < -0.39 is 12.2 Å². The molecule has 2 atom stereocenters. The van der Waals surface area contributed by atoms with Crippen molar-refractivity contribution in [1.29, 1.82) is 0 Å². The molecule has 1 fully saturated rings. The van der Waals surface area contributed by atoms with Crippen LogP contribution in [0.25, 0.3) is 0 Å². The first kappa shape index (κ1) is 15.0. The minimum absolute atomic E-state index is 0.402. The van der Waals surface area contributed by atoms with Gasteiger partial charge in [0.2, 0.25) is 0 Å². The zero-order valence-corrected chi connectivity index (χ0v) is 11.4. The predicted molar refractivity (Wildman–Crippen MR) is 72.0 cm³/mol. The number of aliphatic hydroxyl groups is 2. The highest BCUT2D eigenvalue weighted by atomic mass is 16.3. The first-order chi connectivity index (χ1) is 8.25. The predicted octanol–water partition coefficient (Wildman–Crippen LogP) is 3.65. The second-order valence-corrected chi connectivity index (χ2v) is 5.66. The van der Waals surface area contributed by atoms with E-state index in [1.165, 1.54) is 44.9 Å². The minimum Gasteiger partial charge on any atom is -0.390 e. The van der Waals surface area contributed by atoms with Gasteiger partial charge in [-0.15, -0.1) is 0 Å². The van der Waals surface area contributed by atoms with Gasteiger partial charge < -0.3 is 10.2 Å². The molecule has 1 aliphatic rings. The van der Waals surface area contributed by atoms with Crippen molar-refractivity contribution in [3.63, 3.8) is 0 Å². The van der Waals surface area contributed by atoms with E-state index in [0.717, 1.165) is 25.7 Å². The molecule has 1 rings (SSSR count). The number of hydrogen-bond donors (Lipinski definition) is 2. The van der Waals surface area contributed by atoms with Crippen LogP contribution in [0.5, 0.6) is 0 Å². The lowest BCUT2D eigenvalue weighted by molar-refractivity contribution is 0.000313. The molecule has 102 valence electrons. The molecule has 0 radical (unpaired) electrons. The Labute approximate surface area is 106 Å². The molecule has 0 aliphatic heterocycles. The smallest absolute Gasteiger partial charge is 0.0827 e. The summed E-state index contributed by atoms with van der Waals surface area (Å²) < 4.78 is 0. The molecule has 1 saturated carbocycles. The summed E-state index contributed by atoms with van der Waals surface area (Å²) in [6, 6.07) is 0. The van der Waals surface area contributed by atoms with Crippen LogP contribution in [0.15, 0.2) is 0 Å². The normalized spacial score (nSPS) is 19.2. The van der Waals surface area contributed by atoms with E-state index in [-0.39, 0.29) is 0 Å². The van der Waals surface area contributed by atoms with Gasteiger partial charge in [-0.3, -0.25) is 0 Å². The third kappa shape index (κ3) is 7.05. The fourth-order valence-electron chi connectivity index (χ4n) is 2.41. The number of unbranched alkanes of at least 4 members (excludes halogenated alkanes) is 7. The summed E-state index contributed by atoms with van der Waals surface area (Å²) in [5, 5.41) is 19.5. The van der Waals surface area contributed by atoms with Crippen molar-refractivity contribution in [1.82, 2.24) is 0 Å². The molecular formula is C15H30O2. The van der Waals surface area contributed by atoms with Crippen molar-refractivity contribution in [2.75, 3.05) is 0 Å². The molecule has 2 nitrogen and oxygen atoms in total. The zero-order valence-electron chi connectivity index (χ0n) is 11.4. The Morgan fingerprint density at radius 3 is 1.94 bits per heavy atom. The molecule has 0 saturated heterocycles. The van der Waals surface area contributed by atoms with Crippen LogP contribution in [0.3, 0.4) is 0 Å². The van der Waals surface area contributed by atoms with Crippen LogP contribution in [-0.2, 0) is 0 Å². The van der Waals surface area contributed by atoms with Crippen molar-refractivity contribution < 1.29 is 10.2 Å². The summed E-state index contributed by atoms with van der Waals surface area (Å²) in [5.41, 5.74) is 0. The van der Waals surface area contributed by atoms with Crippen LogP contribution in [-0.4, -0.2) is 22.4 Å². The van der Waals surface area contributed by atoms with E-state index in [2.05, 4.69) is 6.92 Å². The van der Waals surface area contributed by atoms with Gasteiger partial charge in [0.15, 0.2) is 0 Å². The first-order valence-electron chi connectivity index (χ1n) is 7.61. The van der Waals surface area contributed by atoms with Crippen LogP contribution in [0.2, 0.25) is 0 Å². The Bertz CT molecular complexity index is 178. The first-order valence-corrected chi connectivity index (χ1v) is 7.61. The van der Waals surface area contributed by atoms with E-state index >= 15 is 0 Å². The van der Waals surface area contributed by atoms with Crippen LogP contribution in [0.4, 0.5) is 0 Å². The van der Waals surface area contributed by atoms with Crippen LogP contribution in [0.1, 0.15) is 77.6 Å². The summed E-state index contributed by atoms with van der Waals surface area (Å²) in [6.07, 6.45) is 12.4. The van der Waals surface area contributed by atoms with Crippen LogP contribution < -0.4 is 0 Å². The maximum atomic E-state index is 9.75. The van der Waals surface area contributed by atoms with Gasteiger partial charge >= 0.3 is 0 Å². The lowest BCUT2D eigenvalue weighted by atomic mass is 10.0. The van der Waals surface area contributed by atoms with Gasteiger partial charge in [-0.25, -0.2) is 0 Å². The zero-order chi connectivity index (χ0) is 12.5. The van der Waals surface area contributed by atoms with E-state index in [9.17, 15) is 10.2 Å².